The molecule has 0 aliphatic carbocycles. The summed E-state index contributed by atoms with van der Waals surface area (Å²) in [6.45, 7) is 6.79. The number of anilines is 1. The number of thiazole rings is 1. The highest BCUT2D eigenvalue weighted by Gasteiger charge is 2.22. The van der Waals surface area contributed by atoms with Gasteiger partial charge in [-0.1, -0.05) is 35.1 Å². The summed E-state index contributed by atoms with van der Waals surface area (Å²) in [4.78, 5) is 20.1. The lowest BCUT2D eigenvalue weighted by Crippen LogP contribution is -2.35. The molecule has 0 saturated carbocycles. The highest BCUT2D eigenvalue weighted by atomic mass is 35.5. The summed E-state index contributed by atoms with van der Waals surface area (Å²) >= 11 is 7.66. The molecule has 0 aliphatic rings. The first-order chi connectivity index (χ1) is 16.0. The summed E-state index contributed by atoms with van der Waals surface area (Å²) in [5, 5.41) is 5.74. The van der Waals surface area contributed by atoms with E-state index in [9.17, 15) is 13.2 Å². The Balaban J connectivity index is 1.64. The topological polar surface area (TPSA) is 85.2 Å². The maximum Gasteiger partial charge on any atom is 0.233 e. The van der Waals surface area contributed by atoms with Crippen molar-refractivity contribution in [3.63, 3.8) is 0 Å². The van der Waals surface area contributed by atoms with Crippen molar-refractivity contribution in [2.24, 2.45) is 0 Å². The van der Waals surface area contributed by atoms with Gasteiger partial charge in [-0.05, 0) is 62.2 Å². The van der Waals surface area contributed by atoms with Crippen molar-refractivity contribution < 1.29 is 13.2 Å². The zero-order chi connectivity index (χ0) is 24.6. The maximum absolute atomic E-state index is 13.5. The molecule has 7 nitrogen and oxygen atoms in total. The minimum atomic E-state index is -3.30. The third-order valence-corrected chi connectivity index (χ3v) is 7.89. The van der Waals surface area contributed by atoms with Gasteiger partial charge in [-0.15, -0.1) is 0 Å². The standard InChI is InChI=1S/C24H25ClN4O3S2/c1-15-11-19(25)14-21-23(15)26-24(33-21)28(9-10-29-17(3)12-16(2)27-29)22(30)13-18-5-7-20(8-6-18)34(4,31)32/h5-8,11-12,14H,9-10,13H2,1-4H3. The first-order valence-electron chi connectivity index (χ1n) is 10.7. The van der Waals surface area contributed by atoms with Crippen LogP contribution in [0.5, 0.6) is 0 Å². The van der Waals surface area contributed by atoms with Crippen molar-refractivity contribution in [2.75, 3.05) is 17.7 Å². The van der Waals surface area contributed by atoms with Gasteiger partial charge in [0.05, 0.1) is 33.8 Å². The molecule has 0 saturated heterocycles. The lowest BCUT2D eigenvalue weighted by atomic mass is 10.1. The molecule has 0 radical (unpaired) electrons. The Labute approximate surface area is 207 Å². The van der Waals surface area contributed by atoms with E-state index in [1.54, 1.807) is 17.0 Å². The third-order valence-electron chi connectivity index (χ3n) is 5.52. The number of carbonyl (C=O) groups excluding carboxylic acids is 1. The van der Waals surface area contributed by atoms with Crippen molar-refractivity contribution in [1.82, 2.24) is 14.8 Å². The lowest BCUT2D eigenvalue weighted by Gasteiger charge is -2.20. The summed E-state index contributed by atoms with van der Waals surface area (Å²) in [6, 6.07) is 12.1. The van der Waals surface area contributed by atoms with Gasteiger partial charge in [0.1, 0.15) is 0 Å². The van der Waals surface area contributed by atoms with Gasteiger partial charge in [-0.25, -0.2) is 13.4 Å². The summed E-state index contributed by atoms with van der Waals surface area (Å²) in [6.07, 6.45) is 1.28. The van der Waals surface area contributed by atoms with Gasteiger partial charge in [0.25, 0.3) is 0 Å². The van der Waals surface area contributed by atoms with Crippen LogP contribution in [-0.4, -0.2) is 41.9 Å². The number of aryl methyl sites for hydroxylation is 3. The number of fused-ring (bicyclic) bond motifs is 1. The molecule has 0 unspecified atom stereocenters. The second-order valence-corrected chi connectivity index (χ2v) is 11.8. The second-order valence-electron chi connectivity index (χ2n) is 8.35. The Hall–Kier alpha value is -2.75. The third kappa shape index (κ3) is 5.32. The van der Waals surface area contributed by atoms with Gasteiger partial charge in [0.2, 0.25) is 5.91 Å². The number of nitrogens with zero attached hydrogens (tertiary/aromatic N) is 4. The number of sulfone groups is 1. The van der Waals surface area contributed by atoms with Gasteiger partial charge in [0.15, 0.2) is 15.0 Å². The minimum absolute atomic E-state index is 0.122. The Kier molecular flexibility index (Phi) is 6.80. The van der Waals surface area contributed by atoms with Gasteiger partial charge >= 0.3 is 0 Å². The zero-order valence-corrected chi connectivity index (χ0v) is 21.8. The molecule has 0 atom stereocenters. The summed E-state index contributed by atoms with van der Waals surface area (Å²) in [5.41, 5.74) is 4.45. The van der Waals surface area contributed by atoms with Crippen LogP contribution in [0, 0.1) is 20.8 Å². The fourth-order valence-electron chi connectivity index (χ4n) is 3.81. The minimum Gasteiger partial charge on any atom is -0.286 e. The number of hydrogen-bond donors (Lipinski definition) is 0. The van der Waals surface area contributed by atoms with Crippen molar-refractivity contribution in [3.8, 4) is 0 Å². The van der Waals surface area contributed by atoms with E-state index < -0.39 is 9.84 Å². The zero-order valence-electron chi connectivity index (χ0n) is 19.4. The van der Waals surface area contributed by atoms with Crippen molar-refractivity contribution in [3.05, 3.63) is 70.0 Å². The Bertz CT molecular complexity index is 1470. The predicted molar refractivity (Wildman–Crippen MR) is 137 cm³/mol. The molecular formula is C24H25ClN4O3S2. The van der Waals surface area contributed by atoms with Crippen LogP contribution in [0.1, 0.15) is 22.5 Å². The first-order valence-corrected chi connectivity index (χ1v) is 13.8. The van der Waals surface area contributed by atoms with E-state index in [2.05, 4.69) is 5.10 Å². The van der Waals surface area contributed by atoms with E-state index >= 15 is 0 Å². The number of amides is 1. The number of carbonyl (C=O) groups is 1. The summed E-state index contributed by atoms with van der Waals surface area (Å²) in [5.74, 6) is -0.128. The number of aromatic nitrogens is 3. The molecule has 0 fully saturated rings. The highest BCUT2D eigenvalue weighted by molar-refractivity contribution is 7.90. The molecule has 2 aromatic carbocycles. The fraction of sp³-hybridized carbons (Fsp3) is 0.292. The van der Waals surface area contributed by atoms with Crippen LogP contribution in [0.25, 0.3) is 10.2 Å². The van der Waals surface area contributed by atoms with E-state index in [1.165, 1.54) is 23.5 Å². The van der Waals surface area contributed by atoms with Gasteiger partial charge in [0, 0.05) is 23.5 Å². The number of benzene rings is 2. The average Bonchev–Trinajstić information content (AvgIpc) is 3.30. The van der Waals surface area contributed by atoms with Crippen molar-refractivity contribution >= 4 is 54.0 Å². The van der Waals surface area contributed by atoms with Crippen LogP contribution in [0.3, 0.4) is 0 Å². The van der Waals surface area contributed by atoms with Crippen LogP contribution in [-0.2, 0) is 27.6 Å². The number of rotatable bonds is 7. The summed E-state index contributed by atoms with van der Waals surface area (Å²) in [7, 11) is -3.30. The van der Waals surface area contributed by atoms with Crippen LogP contribution < -0.4 is 4.90 Å². The fourth-order valence-corrected chi connectivity index (χ4v) is 5.90. The Morgan fingerprint density at radius 2 is 1.82 bits per heavy atom. The first kappa shape index (κ1) is 24.4. The molecule has 2 aromatic heterocycles. The normalized spacial score (nSPS) is 11.8. The number of halogens is 1. The molecule has 0 N–H and O–H groups in total. The molecule has 0 spiro atoms. The molecule has 10 heteroatoms. The molecule has 0 bridgehead atoms. The molecule has 178 valence electrons. The number of hydrogen-bond acceptors (Lipinski definition) is 6. The van der Waals surface area contributed by atoms with E-state index in [0.29, 0.717) is 23.2 Å². The Morgan fingerprint density at radius 1 is 1.12 bits per heavy atom. The SMILES string of the molecule is Cc1cc(C)n(CCN(C(=O)Cc2ccc(S(C)(=O)=O)cc2)c2nc3c(C)cc(Cl)cc3s2)n1. The van der Waals surface area contributed by atoms with E-state index in [-0.39, 0.29) is 17.2 Å². The monoisotopic (exact) mass is 516 g/mol. The lowest BCUT2D eigenvalue weighted by molar-refractivity contribution is -0.118. The molecule has 1 amide bonds. The molecule has 2 heterocycles. The molecule has 4 aromatic rings. The predicted octanol–water partition coefficient (Wildman–Crippen LogP) is 4.75. The van der Waals surface area contributed by atoms with Gasteiger partial charge in [-0.2, -0.15) is 5.10 Å². The average molecular weight is 517 g/mol. The van der Waals surface area contributed by atoms with E-state index in [4.69, 9.17) is 16.6 Å². The second kappa shape index (κ2) is 9.48. The van der Waals surface area contributed by atoms with Crippen LogP contribution >= 0.6 is 22.9 Å². The largest absolute Gasteiger partial charge is 0.286 e. The van der Waals surface area contributed by atoms with Crippen LogP contribution in [0.4, 0.5) is 5.13 Å². The molecule has 4 rings (SSSR count). The quantitative estimate of drug-likeness (QED) is 0.354. The van der Waals surface area contributed by atoms with Gasteiger partial charge < -0.3 is 0 Å². The van der Waals surface area contributed by atoms with Crippen LogP contribution in [0.2, 0.25) is 5.02 Å². The summed E-state index contributed by atoms with van der Waals surface area (Å²) < 4.78 is 26.3. The maximum atomic E-state index is 13.5. The van der Waals surface area contributed by atoms with Gasteiger partial charge in [-0.3, -0.25) is 14.4 Å². The van der Waals surface area contributed by atoms with E-state index in [1.807, 2.05) is 43.7 Å². The van der Waals surface area contributed by atoms with E-state index in [0.717, 1.165) is 39.0 Å². The van der Waals surface area contributed by atoms with Crippen LogP contribution in [0.15, 0.2) is 47.4 Å². The van der Waals surface area contributed by atoms with Crippen molar-refractivity contribution in [2.45, 2.75) is 38.6 Å². The smallest absolute Gasteiger partial charge is 0.233 e. The Morgan fingerprint density at radius 3 is 2.44 bits per heavy atom. The molecule has 0 aliphatic heterocycles. The highest BCUT2D eigenvalue weighted by Crippen LogP contribution is 2.33. The molecule has 34 heavy (non-hydrogen) atoms. The van der Waals surface area contributed by atoms with Crippen molar-refractivity contribution in [1.29, 1.82) is 0 Å². The molecular weight excluding hydrogens is 492 g/mol.